The smallest absolute Gasteiger partial charge is 0.299 e. The molecule has 1 saturated heterocycles. The zero-order chi connectivity index (χ0) is 18.7. The second-order valence-electron chi connectivity index (χ2n) is 6.10. The monoisotopic (exact) mass is 360 g/mol. The van der Waals surface area contributed by atoms with E-state index in [0.717, 1.165) is 24.6 Å². The zero-order valence-electron chi connectivity index (χ0n) is 13.8. The van der Waals surface area contributed by atoms with E-state index in [2.05, 4.69) is 5.32 Å². The van der Waals surface area contributed by atoms with E-state index < -0.39 is 9.85 Å². The summed E-state index contributed by atoms with van der Waals surface area (Å²) >= 11 is 0. The number of anilines is 2. The maximum absolute atomic E-state index is 13.0. The van der Waals surface area contributed by atoms with Gasteiger partial charge in [0.25, 0.3) is 11.4 Å². The second kappa shape index (κ2) is 7.34. The fourth-order valence-electron chi connectivity index (χ4n) is 3.09. The molecule has 0 bridgehead atoms. The van der Waals surface area contributed by atoms with Crippen LogP contribution in [0.15, 0.2) is 42.5 Å². The van der Waals surface area contributed by atoms with Gasteiger partial charge < -0.3 is 10.2 Å². The molecule has 0 amide bonds. The lowest BCUT2D eigenvalue weighted by molar-refractivity contribution is -0.393. The molecule has 0 saturated carbocycles. The number of nitro groups is 2. The molecule has 0 unspecified atom stereocenters. The molecule has 1 aliphatic heterocycles. The van der Waals surface area contributed by atoms with Crippen LogP contribution in [0.1, 0.15) is 12.8 Å². The fourth-order valence-corrected chi connectivity index (χ4v) is 3.09. The van der Waals surface area contributed by atoms with Crippen LogP contribution >= 0.6 is 0 Å². The van der Waals surface area contributed by atoms with E-state index in [1.54, 1.807) is 12.1 Å². The largest absolute Gasteiger partial charge is 0.382 e. The van der Waals surface area contributed by atoms with Crippen molar-refractivity contribution in [3.05, 3.63) is 68.5 Å². The highest BCUT2D eigenvalue weighted by molar-refractivity contribution is 5.67. The van der Waals surface area contributed by atoms with E-state index in [9.17, 15) is 24.6 Å². The van der Waals surface area contributed by atoms with Gasteiger partial charge in [-0.15, -0.1) is 0 Å². The van der Waals surface area contributed by atoms with Crippen LogP contribution in [0.5, 0.6) is 0 Å². The average molecular weight is 360 g/mol. The number of nitrogens with one attached hydrogen (secondary N) is 1. The number of nitrogens with zero attached hydrogens (tertiary/aromatic N) is 3. The molecular weight excluding hydrogens is 343 g/mol. The van der Waals surface area contributed by atoms with Crippen molar-refractivity contribution in [3.8, 4) is 0 Å². The second-order valence-corrected chi connectivity index (χ2v) is 6.10. The summed E-state index contributed by atoms with van der Waals surface area (Å²) in [4.78, 5) is 22.8. The average Bonchev–Trinajstić information content (AvgIpc) is 2.63. The molecule has 0 spiro atoms. The maximum atomic E-state index is 13.0. The summed E-state index contributed by atoms with van der Waals surface area (Å²) in [5.41, 5.74) is 0.657. The number of piperidine rings is 1. The van der Waals surface area contributed by atoms with Gasteiger partial charge in [0.05, 0.1) is 15.9 Å². The first-order chi connectivity index (χ1) is 12.4. The van der Waals surface area contributed by atoms with Crippen LogP contribution in [0.2, 0.25) is 0 Å². The number of hydrogen-bond acceptors (Lipinski definition) is 6. The van der Waals surface area contributed by atoms with Gasteiger partial charge in [-0.3, -0.25) is 20.2 Å². The summed E-state index contributed by atoms with van der Waals surface area (Å²) in [6, 6.07) is 10.0. The summed E-state index contributed by atoms with van der Waals surface area (Å²) in [7, 11) is 0. The Morgan fingerprint density at radius 2 is 1.65 bits per heavy atom. The first-order valence-corrected chi connectivity index (χ1v) is 8.14. The Kier molecular flexibility index (Phi) is 4.97. The molecule has 1 heterocycles. The van der Waals surface area contributed by atoms with E-state index in [1.165, 1.54) is 24.3 Å². The zero-order valence-corrected chi connectivity index (χ0v) is 13.8. The van der Waals surface area contributed by atoms with Crippen molar-refractivity contribution < 1.29 is 14.2 Å². The number of rotatable bonds is 5. The van der Waals surface area contributed by atoms with Crippen LogP contribution in [-0.2, 0) is 0 Å². The van der Waals surface area contributed by atoms with Gasteiger partial charge in [0.15, 0.2) is 0 Å². The lowest BCUT2D eigenvalue weighted by atomic mass is 10.0. The van der Waals surface area contributed by atoms with Crippen LogP contribution < -0.4 is 10.2 Å². The number of nitro benzene ring substituents is 2. The van der Waals surface area contributed by atoms with Gasteiger partial charge in [0.1, 0.15) is 11.5 Å². The normalized spacial score (nSPS) is 14.9. The summed E-state index contributed by atoms with van der Waals surface area (Å²) in [6.45, 7) is 1.16. The van der Waals surface area contributed by atoms with Crippen LogP contribution in [-0.4, -0.2) is 29.0 Å². The predicted molar refractivity (Wildman–Crippen MR) is 95.0 cm³/mol. The highest BCUT2D eigenvalue weighted by Gasteiger charge is 2.27. The molecule has 136 valence electrons. The van der Waals surface area contributed by atoms with Crippen molar-refractivity contribution in [2.24, 2.45) is 0 Å². The van der Waals surface area contributed by atoms with Gasteiger partial charge in [-0.2, -0.15) is 0 Å². The topological polar surface area (TPSA) is 102 Å². The highest BCUT2D eigenvalue weighted by atomic mass is 19.1. The minimum Gasteiger partial charge on any atom is -0.382 e. The lowest BCUT2D eigenvalue weighted by Crippen LogP contribution is -2.39. The first kappa shape index (κ1) is 17.6. The maximum Gasteiger partial charge on any atom is 0.299 e. The molecule has 2 aromatic carbocycles. The third-order valence-corrected chi connectivity index (χ3v) is 4.42. The number of hydrogen-bond donors (Lipinski definition) is 1. The molecule has 0 aromatic heterocycles. The van der Waals surface area contributed by atoms with E-state index >= 15 is 0 Å². The Morgan fingerprint density at radius 1 is 1.00 bits per heavy atom. The summed E-state index contributed by atoms with van der Waals surface area (Å²) in [6.07, 6.45) is 1.48. The van der Waals surface area contributed by atoms with E-state index in [-0.39, 0.29) is 23.2 Å². The molecule has 9 heteroatoms. The standard InChI is InChI=1S/C17H17FN4O4/c18-12-1-3-13(4-2-12)19-14-7-9-20(10-8-14)16-6-5-15(21(23)24)11-17(16)22(25)26/h1-6,11,14,19H,7-10H2. The fraction of sp³-hybridized carbons (Fsp3) is 0.294. The van der Waals surface area contributed by atoms with Gasteiger partial charge in [-0.05, 0) is 43.2 Å². The SMILES string of the molecule is O=[N+]([O-])c1ccc(N2CCC(Nc3ccc(F)cc3)CC2)c([N+](=O)[O-])c1. The Morgan fingerprint density at radius 3 is 2.23 bits per heavy atom. The number of non-ortho nitro benzene ring substituents is 1. The Labute approximate surface area is 148 Å². The van der Waals surface area contributed by atoms with Crippen molar-refractivity contribution in [2.45, 2.75) is 18.9 Å². The molecule has 0 aliphatic carbocycles. The van der Waals surface area contributed by atoms with E-state index in [4.69, 9.17) is 0 Å². The quantitative estimate of drug-likeness (QED) is 0.644. The minimum absolute atomic E-state index is 0.175. The van der Waals surface area contributed by atoms with Gasteiger partial charge >= 0.3 is 0 Å². The Bertz CT molecular complexity index is 820. The first-order valence-electron chi connectivity index (χ1n) is 8.14. The van der Waals surface area contributed by atoms with Crippen LogP contribution in [0.25, 0.3) is 0 Å². The number of halogens is 1. The van der Waals surface area contributed by atoms with Gasteiger partial charge in [-0.25, -0.2) is 4.39 Å². The molecule has 26 heavy (non-hydrogen) atoms. The highest BCUT2D eigenvalue weighted by Crippen LogP contribution is 2.33. The molecule has 1 N–H and O–H groups in total. The van der Waals surface area contributed by atoms with Crippen LogP contribution in [0.4, 0.5) is 27.1 Å². The third-order valence-electron chi connectivity index (χ3n) is 4.42. The molecular formula is C17H17FN4O4. The molecule has 1 aliphatic rings. The van der Waals surface area contributed by atoms with Gasteiger partial charge in [-0.1, -0.05) is 0 Å². The van der Waals surface area contributed by atoms with Crippen molar-refractivity contribution in [3.63, 3.8) is 0 Å². The van der Waals surface area contributed by atoms with Crippen LogP contribution in [0, 0.1) is 26.0 Å². The molecule has 0 atom stereocenters. The van der Waals surface area contributed by atoms with Crippen molar-refractivity contribution in [1.29, 1.82) is 0 Å². The third kappa shape index (κ3) is 3.88. The Balaban J connectivity index is 1.68. The van der Waals surface area contributed by atoms with Crippen molar-refractivity contribution >= 4 is 22.7 Å². The minimum atomic E-state index is -0.643. The molecule has 3 rings (SSSR count). The summed E-state index contributed by atoms with van der Waals surface area (Å²) < 4.78 is 13.0. The summed E-state index contributed by atoms with van der Waals surface area (Å²) in [5.74, 6) is -0.296. The molecule has 0 radical (unpaired) electrons. The van der Waals surface area contributed by atoms with Crippen LogP contribution in [0.3, 0.4) is 0 Å². The molecule has 8 nitrogen and oxygen atoms in total. The van der Waals surface area contributed by atoms with E-state index in [0.29, 0.717) is 18.8 Å². The lowest BCUT2D eigenvalue weighted by Gasteiger charge is -2.34. The number of benzene rings is 2. The molecule has 2 aromatic rings. The summed E-state index contributed by atoms with van der Waals surface area (Å²) in [5, 5.41) is 25.4. The Hall–Kier alpha value is -3.23. The van der Waals surface area contributed by atoms with Crippen molar-refractivity contribution in [1.82, 2.24) is 0 Å². The van der Waals surface area contributed by atoms with E-state index in [1.807, 2.05) is 4.90 Å². The van der Waals surface area contributed by atoms with Gasteiger partial charge in [0, 0.05) is 30.9 Å². The predicted octanol–water partition coefficient (Wildman–Crippen LogP) is 3.72. The van der Waals surface area contributed by atoms with Gasteiger partial charge in [0.2, 0.25) is 0 Å². The van der Waals surface area contributed by atoms with Crippen molar-refractivity contribution in [2.75, 3.05) is 23.3 Å². The molecule has 1 fully saturated rings.